The molecule has 1 fully saturated rings. The number of halogens is 2. The summed E-state index contributed by atoms with van der Waals surface area (Å²) >= 11 is 7.56. The van der Waals surface area contributed by atoms with Crippen molar-refractivity contribution in [1.82, 2.24) is 0 Å². The van der Waals surface area contributed by atoms with Crippen molar-refractivity contribution in [2.24, 2.45) is 11.8 Å². The highest BCUT2D eigenvalue weighted by molar-refractivity contribution is 9.10. The fourth-order valence-corrected chi connectivity index (χ4v) is 4.14. The summed E-state index contributed by atoms with van der Waals surface area (Å²) in [6, 6.07) is 2.14. The molecule has 0 aromatic heterocycles. The predicted molar refractivity (Wildman–Crippen MR) is 83.7 cm³/mol. The van der Waals surface area contributed by atoms with E-state index in [4.69, 9.17) is 4.74 Å². The van der Waals surface area contributed by atoms with Gasteiger partial charge in [0, 0.05) is 14.9 Å². The van der Waals surface area contributed by atoms with Crippen molar-refractivity contribution in [3.05, 3.63) is 27.2 Å². The Morgan fingerprint density at radius 2 is 1.94 bits per heavy atom. The molecule has 0 bridgehead atoms. The summed E-state index contributed by atoms with van der Waals surface area (Å²) in [6.45, 7) is 6.61. The van der Waals surface area contributed by atoms with Gasteiger partial charge in [-0.05, 0) is 55.7 Å². The maximum Gasteiger partial charge on any atom is 0.126 e. The van der Waals surface area contributed by atoms with Gasteiger partial charge in [0.1, 0.15) is 5.75 Å². The fraction of sp³-hybridized carbons (Fsp3) is 0.600. The number of alkyl halides is 1. The van der Waals surface area contributed by atoms with Crippen molar-refractivity contribution >= 4 is 31.9 Å². The van der Waals surface area contributed by atoms with Crippen LogP contribution in [0.1, 0.15) is 41.3 Å². The maximum atomic E-state index is 5.63. The molecule has 0 heterocycles. The number of hydrogen-bond donors (Lipinski definition) is 0. The first-order valence-corrected chi connectivity index (χ1v) is 8.15. The average Bonchev–Trinajstić information content (AvgIpc) is 3.15. The van der Waals surface area contributed by atoms with Gasteiger partial charge in [-0.25, -0.2) is 0 Å². The van der Waals surface area contributed by atoms with Crippen LogP contribution in [-0.4, -0.2) is 7.11 Å². The van der Waals surface area contributed by atoms with E-state index in [1.54, 1.807) is 7.11 Å². The molecule has 0 radical (unpaired) electrons. The lowest BCUT2D eigenvalue weighted by atomic mass is 9.91. The third kappa shape index (κ3) is 2.62. The molecule has 1 aromatic carbocycles. The van der Waals surface area contributed by atoms with Crippen LogP contribution in [0.3, 0.4) is 0 Å². The second kappa shape index (κ2) is 5.54. The second-order valence-corrected chi connectivity index (χ2v) is 7.19. The van der Waals surface area contributed by atoms with Crippen molar-refractivity contribution in [3.63, 3.8) is 0 Å². The molecule has 100 valence electrons. The number of ether oxygens (including phenoxy) is 1. The lowest BCUT2D eigenvalue weighted by Crippen LogP contribution is -2.10. The van der Waals surface area contributed by atoms with E-state index in [9.17, 15) is 0 Å². The number of hydrogen-bond acceptors (Lipinski definition) is 1. The summed E-state index contributed by atoms with van der Waals surface area (Å²) in [5.74, 6) is 2.56. The molecule has 2 rings (SSSR count). The number of aryl methyl sites for hydroxylation is 1. The zero-order valence-electron chi connectivity index (χ0n) is 11.4. The van der Waals surface area contributed by atoms with E-state index in [1.165, 1.54) is 34.0 Å². The highest BCUT2D eigenvalue weighted by atomic mass is 79.9. The zero-order chi connectivity index (χ0) is 13.4. The molecule has 1 saturated carbocycles. The lowest BCUT2D eigenvalue weighted by molar-refractivity contribution is 0.398. The van der Waals surface area contributed by atoms with Crippen molar-refractivity contribution in [3.8, 4) is 5.75 Å². The molecule has 1 aliphatic rings. The van der Waals surface area contributed by atoms with E-state index >= 15 is 0 Å². The number of benzene rings is 1. The van der Waals surface area contributed by atoms with Crippen LogP contribution in [-0.2, 0) is 0 Å². The summed E-state index contributed by atoms with van der Waals surface area (Å²) in [4.78, 5) is 0.371. The zero-order valence-corrected chi connectivity index (χ0v) is 14.6. The van der Waals surface area contributed by atoms with Gasteiger partial charge in [-0.15, -0.1) is 0 Å². The molecule has 0 N–H and O–H groups in total. The van der Waals surface area contributed by atoms with Crippen LogP contribution in [0.2, 0.25) is 0 Å². The quantitative estimate of drug-likeness (QED) is 0.626. The largest absolute Gasteiger partial charge is 0.496 e. The highest BCUT2D eigenvalue weighted by Gasteiger charge is 2.35. The smallest absolute Gasteiger partial charge is 0.126 e. The molecule has 2 atom stereocenters. The Morgan fingerprint density at radius 1 is 1.33 bits per heavy atom. The summed E-state index contributed by atoms with van der Waals surface area (Å²) in [7, 11) is 1.76. The van der Waals surface area contributed by atoms with Crippen LogP contribution < -0.4 is 4.74 Å². The molecule has 18 heavy (non-hydrogen) atoms. The Bertz CT molecular complexity index is 452. The molecule has 0 amide bonds. The summed E-state index contributed by atoms with van der Waals surface area (Å²) in [5, 5.41) is 0. The number of methoxy groups -OCH3 is 1. The van der Waals surface area contributed by atoms with Gasteiger partial charge >= 0.3 is 0 Å². The number of rotatable bonds is 4. The van der Waals surface area contributed by atoms with Crippen molar-refractivity contribution in [2.45, 2.75) is 38.4 Å². The Hall–Kier alpha value is -0.0200. The van der Waals surface area contributed by atoms with Gasteiger partial charge in [0.05, 0.1) is 7.11 Å². The summed E-state index contributed by atoms with van der Waals surface area (Å²) in [5.41, 5.74) is 3.79. The Morgan fingerprint density at radius 3 is 2.44 bits per heavy atom. The molecule has 3 heteroatoms. The first-order valence-electron chi connectivity index (χ1n) is 6.45. The maximum absolute atomic E-state index is 5.63. The van der Waals surface area contributed by atoms with E-state index in [0.717, 1.165) is 11.7 Å². The van der Waals surface area contributed by atoms with E-state index in [-0.39, 0.29) is 0 Å². The topological polar surface area (TPSA) is 9.23 Å². The van der Waals surface area contributed by atoms with Crippen molar-refractivity contribution in [1.29, 1.82) is 0 Å². The molecule has 1 aromatic rings. The average molecular weight is 376 g/mol. The van der Waals surface area contributed by atoms with Gasteiger partial charge in [0.2, 0.25) is 0 Å². The monoisotopic (exact) mass is 374 g/mol. The van der Waals surface area contributed by atoms with Gasteiger partial charge in [-0.1, -0.05) is 38.8 Å². The summed E-state index contributed by atoms with van der Waals surface area (Å²) in [6.07, 6.45) is 2.75. The Kier molecular flexibility index (Phi) is 4.43. The van der Waals surface area contributed by atoms with Crippen LogP contribution in [0, 0.1) is 25.7 Å². The minimum atomic E-state index is 0.371. The first-order chi connectivity index (χ1) is 8.47. The molecule has 2 unspecified atom stereocenters. The normalized spacial score (nSPS) is 18.6. The van der Waals surface area contributed by atoms with Crippen molar-refractivity contribution < 1.29 is 4.74 Å². The second-order valence-electron chi connectivity index (χ2n) is 5.35. The molecule has 1 aliphatic carbocycles. The van der Waals surface area contributed by atoms with E-state index in [1.807, 2.05) is 0 Å². The van der Waals surface area contributed by atoms with E-state index in [0.29, 0.717) is 10.7 Å². The lowest BCUT2D eigenvalue weighted by Gasteiger charge is -2.24. The first kappa shape index (κ1) is 14.4. The van der Waals surface area contributed by atoms with Crippen LogP contribution >= 0.6 is 31.9 Å². The molecule has 1 nitrogen and oxygen atoms in total. The molecular formula is C15H20Br2O. The minimum Gasteiger partial charge on any atom is -0.496 e. The standard InChI is InChI=1S/C15H20Br2O/c1-8-7-12(16)10(3)13(15(8)18-4)14(17)9(2)11-5-6-11/h7,9,11,14H,5-6H2,1-4H3. The van der Waals surface area contributed by atoms with Gasteiger partial charge in [-0.3, -0.25) is 0 Å². The van der Waals surface area contributed by atoms with Gasteiger partial charge in [-0.2, -0.15) is 0 Å². The van der Waals surface area contributed by atoms with E-state index in [2.05, 4.69) is 58.7 Å². The van der Waals surface area contributed by atoms with Gasteiger partial charge in [0.15, 0.2) is 0 Å². The van der Waals surface area contributed by atoms with Crippen LogP contribution in [0.15, 0.2) is 10.5 Å². The fourth-order valence-electron chi connectivity index (χ4n) is 2.60. The Balaban J connectivity index is 2.46. The Labute approximate surface area is 127 Å². The van der Waals surface area contributed by atoms with Crippen LogP contribution in [0.5, 0.6) is 5.75 Å². The summed E-state index contributed by atoms with van der Waals surface area (Å²) < 4.78 is 6.80. The van der Waals surface area contributed by atoms with Gasteiger partial charge < -0.3 is 4.74 Å². The van der Waals surface area contributed by atoms with Crippen LogP contribution in [0.25, 0.3) is 0 Å². The third-order valence-corrected chi connectivity index (χ3v) is 6.13. The third-order valence-electron chi connectivity index (χ3n) is 4.02. The minimum absolute atomic E-state index is 0.371. The van der Waals surface area contributed by atoms with E-state index < -0.39 is 0 Å². The SMILES string of the molecule is COc1c(C)cc(Br)c(C)c1C(Br)C(C)C1CC1. The van der Waals surface area contributed by atoms with Crippen molar-refractivity contribution in [2.75, 3.05) is 7.11 Å². The molecular weight excluding hydrogens is 356 g/mol. The molecule has 0 saturated heterocycles. The molecule has 0 aliphatic heterocycles. The highest BCUT2D eigenvalue weighted by Crippen LogP contribution is 2.50. The molecule has 0 spiro atoms. The van der Waals surface area contributed by atoms with Gasteiger partial charge in [0.25, 0.3) is 0 Å². The predicted octanol–water partition coefficient (Wildman–Crippen LogP) is 5.56. The van der Waals surface area contributed by atoms with Crippen LogP contribution in [0.4, 0.5) is 0 Å².